The molecule has 12 heteroatoms. The smallest absolute Gasteiger partial charge is 0.207 e. The number of phenolic OH excluding ortho intramolecular Hbond substituents is 1. The minimum Gasteiger partial charge on any atom is -0.504 e. The number of anilines is 1. The number of aliphatic hydroxyl groups excluding tert-OH is 2. The normalized spacial score (nSPS) is 28.6. The summed E-state index contributed by atoms with van der Waals surface area (Å²) in [5.74, 6) is 8.96. The van der Waals surface area contributed by atoms with Gasteiger partial charge in [0.15, 0.2) is 29.3 Å². The molecule has 0 amide bonds. The van der Waals surface area contributed by atoms with Crippen LogP contribution in [0.5, 0.6) is 23.0 Å². The van der Waals surface area contributed by atoms with Crippen molar-refractivity contribution in [2.24, 2.45) is 28.2 Å². The molecule has 322 valence electrons. The van der Waals surface area contributed by atoms with Crippen LogP contribution in [0, 0.1) is 47.2 Å². The highest BCUT2D eigenvalue weighted by atomic mass is 16.6. The van der Waals surface area contributed by atoms with Gasteiger partial charge in [-0.05, 0) is 129 Å². The van der Waals surface area contributed by atoms with E-state index in [4.69, 9.17) is 18.9 Å². The minimum absolute atomic E-state index is 0.00994. The second-order valence-corrected chi connectivity index (χ2v) is 17.5. The van der Waals surface area contributed by atoms with Gasteiger partial charge in [-0.2, -0.15) is 0 Å². The number of carbonyl (C=O) groups excluding carboxylic acids is 1. The summed E-state index contributed by atoms with van der Waals surface area (Å²) >= 11 is 0. The number of hydrogen-bond acceptors (Lipinski definition) is 10. The van der Waals surface area contributed by atoms with Gasteiger partial charge in [0.25, 0.3) is 0 Å². The van der Waals surface area contributed by atoms with Gasteiger partial charge >= 0.3 is 0 Å². The number of benzene rings is 2. The zero-order chi connectivity index (χ0) is 42.2. The summed E-state index contributed by atoms with van der Waals surface area (Å²) in [6, 6.07) is 12.8. The van der Waals surface area contributed by atoms with Crippen LogP contribution < -0.4 is 30.2 Å². The van der Waals surface area contributed by atoms with E-state index in [-0.39, 0.29) is 47.9 Å². The Morgan fingerprint density at radius 3 is 2.73 bits per heavy atom. The fourth-order valence-electron chi connectivity index (χ4n) is 10.8. The summed E-state index contributed by atoms with van der Waals surface area (Å²) < 4.78 is 24.7. The van der Waals surface area contributed by atoms with E-state index in [0.29, 0.717) is 80.4 Å². The Morgan fingerprint density at radius 2 is 1.95 bits per heavy atom. The molecule has 0 radical (unpaired) electrons. The molecule has 3 aliphatic carbocycles. The molecule has 3 saturated carbocycles. The molecule has 4 bridgehead atoms. The van der Waals surface area contributed by atoms with Crippen molar-refractivity contribution < 1.29 is 39.1 Å². The fraction of sp³-hybridized carbons (Fsp3) is 0.583. The number of aromatic hydroxyl groups is 1. The number of nitrogens with one attached hydrogen (secondary N) is 3. The molecule has 0 unspecified atom stereocenters. The molecular formula is C48H62N4O8. The first-order valence-electron chi connectivity index (χ1n) is 21.8. The number of methoxy groups -OCH3 is 1. The number of phenols is 1. The number of fused-ring (bicyclic) bond motifs is 8. The first-order valence-corrected chi connectivity index (χ1v) is 21.8. The van der Waals surface area contributed by atoms with Crippen LogP contribution in [0.3, 0.4) is 0 Å². The molecule has 60 heavy (non-hydrogen) atoms. The summed E-state index contributed by atoms with van der Waals surface area (Å²) in [7, 11) is 5.17. The van der Waals surface area contributed by atoms with Crippen molar-refractivity contribution in [1.82, 2.24) is 10.6 Å². The van der Waals surface area contributed by atoms with Crippen LogP contribution in [0.2, 0.25) is 0 Å². The lowest BCUT2D eigenvalue weighted by atomic mass is 9.68. The predicted molar refractivity (Wildman–Crippen MR) is 231 cm³/mol. The van der Waals surface area contributed by atoms with Crippen LogP contribution in [-0.2, 0) is 21.4 Å². The molecule has 7 rings (SSSR count). The van der Waals surface area contributed by atoms with E-state index in [1.165, 1.54) is 7.11 Å². The number of nitrogens with zero attached hydrogens (tertiary/aromatic N) is 1. The van der Waals surface area contributed by atoms with Crippen molar-refractivity contribution in [2.45, 2.75) is 114 Å². The minimum atomic E-state index is -0.950. The quantitative estimate of drug-likeness (QED) is 0.0855. The molecule has 2 aromatic carbocycles. The SMILES string of the molecule is CN=C1NC#CC[C@@H]2CCC[C@@]2(Cc2ccc(O)c(OC)c2)C(=O)/C=C/CC2(CCCC2)c2cc(c3c(c2)O[C@]2(CNC)C[C@H](CC#CO3)[C@@H](C[C@H](O)OCCCO)C2)N1. The van der Waals surface area contributed by atoms with Crippen molar-refractivity contribution in [2.75, 3.05) is 46.3 Å². The van der Waals surface area contributed by atoms with Gasteiger partial charge in [-0.15, -0.1) is 0 Å². The number of aliphatic hydroxyl groups is 2. The summed E-state index contributed by atoms with van der Waals surface area (Å²) in [6.07, 6.45) is 17.2. The number of guanidine groups is 1. The predicted octanol–water partition coefficient (Wildman–Crippen LogP) is 6.32. The first kappa shape index (κ1) is 43.4. The van der Waals surface area contributed by atoms with Gasteiger partial charge in [0.05, 0.1) is 19.4 Å². The maximum atomic E-state index is 14.7. The largest absolute Gasteiger partial charge is 0.504 e. The molecule has 0 saturated heterocycles. The van der Waals surface area contributed by atoms with E-state index in [1.807, 2.05) is 25.3 Å². The van der Waals surface area contributed by atoms with Crippen molar-refractivity contribution in [3.05, 3.63) is 53.6 Å². The van der Waals surface area contributed by atoms with E-state index in [2.05, 4.69) is 63.1 Å². The van der Waals surface area contributed by atoms with Crippen LogP contribution in [-0.4, -0.2) is 79.9 Å². The van der Waals surface area contributed by atoms with Crippen LogP contribution >= 0.6 is 0 Å². The number of aliphatic imine (C=N–C) groups is 1. The number of ether oxygens (including phenoxy) is 4. The maximum absolute atomic E-state index is 14.7. The average molecular weight is 823 g/mol. The lowest BCUT2D eigenvalue weighted by molar-refractivity contribution is -0.125. The Kier molecular flexibility index (Phi) is 14.0. The van der Waals surface area contributed by atoms with E-state index in [0.717, 1.165) is 62.5 Å². The first-order chi connectivity index (χ1) is 29.1. The standard InChI is InChI=1S/C48H62N4O8/c1-49-32-47-30-34(35(31-47)26-43(56)58-24-10-22-53)11-9-23-59-44-38-27-37(28-41(44)60-47)46(17-4-5-18-46)19-7-14-42(55)48(29-33-15-16-39(54)40(25-33)57-3)20-6-12-36(48)13-8-21-51-45(50-2)52-38/h7,14-16,25,27-28,34-36,43,49,53-54,56H,4-6,10-13,17-20,22,24,26,29-32H2,1-3H3,(H2,50,51,52)/b14-7+/t34-,35-,36-,43+,47+,48-/m0/s1. The Hall–Kier alpha value is -4.72. The topological polar surface area (TPSA) is 163 Å². The summed E-state index contributed by atoms with van der Waals surface area (Å²) in [5, 5.41) is 40.5. The highest BCUT2D eigenvalue weighted by Crippen LogP contribution is 2.53. The molecule has 5 aliphatic rings. The number of likely N-dealkylation sites (N-methyl/N-ethyl adjacent to an activating group) is 1. The van der Waals surface area contributed by atoms with Gasteiger partial charge in [0, 0.05) is 50.9 Å². The molecule has 3 fully saturated rings. The molecule has 2 aliphatic heterocycles. The van der Waals surface area contributed by atoms with E-state index < -0.39 is 17.3 Å². The van der Waals surface area contributed by atoms with Crippen molar-refractivity contribution in [1.29, 1.82) is 0 Å². The van der Waals surface area contributed by atoms with Gasteiger partial charge in [-0.1, -0.05) is 43.2 Å². The molecule has 1 spiro atoms. The highest BCUT2D eigenvalue weighted by molar-refractivity contribution is 5.97. The molecule has 6 N–H and O–H groups in total. The van der Waals surface area contributed by atoms with Crippen LogP contribution in [0.15, 0.2) is 47.5 Å². The lowest BCUT2D eigenvalue weighted by Gasteiger charge is -2.35. The van der Waals surface area contributed by atoms with Gasteiger partial charge in [0.2, 0.25) is 11.7 Å². The van der Waals surface area contributed by atoms with Crippen molar-refractivity contribution >= 4 is 17.4 Å². The second kappa shape index (κ2) is 19.3. The number of hydrogen-bond donors (Lipinski definition) is 6. The number of ketones is 1. The van der Waals surface area contributed by atoms with E-state index in [9.17, 15) is 20.1 Å². The molecule has 0 aromatic heterocycles. The Labute approximate surface area is 354 Å². The Balaban J connectivity index is 1.27. The molecule has 12 nitrogen and oxygen atoms in total. The fourth-order valence-corrected chi connectivity index (χ4v) is 10.8. The average Bonchev–Trinajstić information content (AvgIpc) is 3.97. The van der Waals surface area contributed by atoms with E-state index in [1.54, 1.807) is 13.1 Å². The maximum Gasteiger partial charge on any atom is 0.207 e. The van der Waals surface area contributed by atoms with Crippen LogP contribution in [0.25, 0.3) is 0 Å². The summed E-state index contributed by atoms with van der Waals surface area (Å²) in [4.78, 5) is 19.3. The third-order valence-electron chi connectivity index (χ3n) is 13.8. The summed E-state index contributed by atoms with van der Waals surface area (Å²) in [6.45, 7) is 0.879. The molecule has 2 aromatic rings. The van der Waals surface area contributed by atoms with Crippen LogP contribution in [0.1, 0.15) is 101 Å². The molecule has 2 heterocycles. The van der Waals surface area contributed by atoms with Gasteiger partial charge in [0.1, 0.15) is 11.7 Å². The second-order valence-electron chi connectivity index (χ2n) is 17.5. The van der Waals surface area contributed by atoms with Gasteiger partial charge < -0.3 is 44.9 Å². The zero-order valence-electron chi connectivity index (χ0n) is 35.4. The van der Waals surface area contributed by atoms with E-state index >= 15 is 0 Å². The Bertz CT molecular complexity index is 2040. The number of rotatable bonds is 11. The third kappa shape index (κ3) is 9.43. The van der Waals surface area contributed by atoms with Crippen LogP contribution in [0.4, 0.5) is 5.69 Å². The zero-order valence-corrected chi connectivity index (χ0v) is 35.4. The monoisotopic (exact) mass is 822 g/mol. The molecular weight excluding hydrogens is 761 g/mol. The highest BCUT2D eigenvalue weighted by Gasteiger charge is 2.49. The number of carbonyl (C=O) groups is 1. The van der Waals surface area contributed by atoms with Gasteiger partial charge in [-0.3, -0.25) is 15.1 Å². The van der Waals surface area contributed by atoms with Gasteiger partial charge in [-0.25, -0.2) is 0 Å². The lowest BCUT2D eigenvalue weighted by Crippen LogP contribution is -2.43. The van der Waals surface area contributed by atoms with Crippen molar-refractivity contribution in [3.63, 3.8) is 0 Å². The molecule has 6 atom stereocenters. The third-order valence-corrected chi connectivity index (χ3v) is 13.8. The Morgan fingerprint density at radius 1 is 1.10 bits per heavy atom. The van der Waals surface area contributed by atoms with Crippen molar-refractivity contribution in [3.8, 4) is 47.0 Å². The number of allylic oxidation sites excluding steroid dienone is 2. The summed E-state index contributed by atoms with van der Waals surface area (Å²) in [5.41, 5.74) is 1.16.